The molecule has 0 atom stereocenters. The van der Waals surface area contributed by atoms with E-state index in [0.29, 0.717) is 0 Å². The van der Waals surface area contributed by atoms with Crippen molar-refractivity contribution in [3.8, 4) is 11.1 Å². The third-order valence-corrected chi connectivity index (χ3v) is 7.01. The first-order chi connectivity index (χ1) is 14.9. The van der Waals surface area contributed by atoms with Gasteiger partial charge in [-0.3, -0.25) is 0 Å². The summed E-state index contributed by atoms with van der Waals surface area (Å²) in [6.45, 7) is 0. The number of nitrogens with zero attached hydrogens (tertiary/aromatic N) is 1. The molecule has 7 aromatic rings. The van der Waals surface area contributed by atoms with Crippen LogP contribution in [0.2, 0.25) is 0 Å². The van der Waals surface area contributed by atoms with E-state index in [2.05, 4.69) is 94.9 Å². The molecule has 0 saturated heterocycles. The Hall–Kier alpha value is -3.69. The Morgan fingerprint density at radius 1 is 0.600 bits per heavy atom. The number of H-pyrrole nitrogens is 1. The van der Waals surface area contributed by atoms with Crippen molar-refractivity contribution in [1.82, 2.24) is 9.97 Å². The average molecular weight is 401 g/mol. The van der Waals surface area contributed by atoms with Crippen LogP contribution < -0.4 is 0 Å². The van der Waals surface area contributed by atoms with Crippen molar-refractivity contribution in [2.45, 2.75) is 0 Å². The molecule has 2 heterocycles. The van der Waals surface area contributed by atoms with Crippen molar-refractivity contribution < 1.29 is 0 Å². The van der Waals surface area contributed by atoms with Gasteiger partial charge in [-0.25, -0.2) is 4.98 Å². The summed E-state index contributed by atoms with van der Waals surface area (Å²) in [6, 6.07) is 30.5. The number of hydrogen-bond donors (Lipinski definition) is 1. The number of aromatic amines is 1. The molecule has 0 amide bonds. The van der Waals surface area contributed by atoms with E-state index in [9.17, 15) is 0 Å². The summed E-state index contributed by atoms with van der Waals surface area (Å²) in [4.78, 5) is 8.31. The molecule has 5 aromatic carbocycles. The lowest BCUT2D eigenvalue weighted by Gasteiger charge is -2.10. The van der Waals surface area contributed by atoms with Crippen LogP contribution in [0.1, 0.15) is 0 Å². The second-order valence-corrected chi connectivity index (χ2v) is 8.59. The summed E-state index contributed by atoms with van der Waals surface area (Å²) in [5.74, 6) is 0. The van der Waals surface area contributed by atoms with Crippen LogP contribution in [-0.4, -0.2) is 9.97 Å². The number of thiazole rings is 1. The van der Waals surface area contributed by atoms with Crippen LogP contribution in [-0.2, 0) is 0 Å². The van der Waals surface area contributed by atoms with Crippen LogP contribution in [0.4, 0.5) is 0 Å². The minimum atomic E-state index is 1.05. The first-order valence-corrected chi connectivity index (χ1v) is 10.9. The van der Waals surface area contributed by atoms with E-state index in [1.807, 2.05) is 5.51 Å². The van der Waals surface area contributed by atoms with Crippen LogP contribution in [0, 0.1) is 0 Å². The van der Waals surface area contributed by atoms with Crippen LogP contribution in [0.15, 0.2) is 90.4 Å². The average Bonchev–Trinajstić information content (AvgIpc) is 3.44. The molecule has 0 saturated carbocycles. The van der Waals surface area contributed by atoms with E-state index in [-0.39, 0.29) is 0 Å². The number of fused-ring (bicyclic) bond motifs is 10. The van der Waals surface area contributed by atoms with E-state index in [4.69, 9.17) is 0 Å². The Balaban J connectivity index is 1.73. The topological polar surface area (TPSA) is 28.7 Å². The lowest BCUT2D eigenvalue weighted by atomic mass is 9.94. The predicted molar refractivity (Wildman–Crippen MR) is 129 cm³/mol. The van der Waals surface area contributed by atoms with Gasteiger partial charge in [-0.05, 0) is 45.5 Å². The third-order valence-electron chi connectivity index (χ3n) is 6.15. The highest BCUT2D eigenvalue weighted by Gasteiger charge is 2.16. The lowest BCUT2D eigenvalue weighted by molar-refractivity contribution is 1.50. The molecule has 0 aliphatic rings. The zero-order valence-electron chi connectivity index (χ0n) is 16.0. The van der Waals surface area contributed by atoms with Crippen molar-refractivity contribution in [3.05, 3.63) is 90.4 Å². The summed E-state index contributed by atoms with van der Waals surface area (Å²) in [5, 5.41) is 7.70. The minimum absolute atomic E-state index is 1.05. The molecule has 7 rings (SSSR count). The molecule has 0 aliphatic heterocycles. The molecule has 0 unspecified atom stereocenters. The SMILES string of the molecule is c1ccc(-c2ccc3c4ccccc4c4c5ccc6ncsc6c5[nH]c4c3c2)cc1. The Labute approximate surface area is 176 Å². The van der Waals surface area contributed by atoms with Crippen molar-refractivity contribution in [3.63, 3.8) is 0 Å². The zero-order valence-corrected chi connectivity index (χ0v) is 16.8. The van der Waals surface area contributed by atoms with Gasteiger partial charge in [0.15, 0.2) is 0 Å². The van der Waals surface area contributed by atoms with Crippen molar-refractivity contribution in [2.24, 2.45) is 0 Å². The van der Waals surface area contributed by atoms with E-state index in [0.717, 1.165) is 5.52 Å². The van der Waals surface area contributed by atoms with Crippen LogP contribution in [0.3, 0.4) is 0 Å². The first-order valence-electron chi connectivity index (χ1n) is 10.1. The first kappa shape index (κ1) is 16.1. The molecule has 1 N–H and O–H groups in total. The summed E-state index contributed by atoms with van der Waals surface area (Å²) < 4.78 is 1.22. The molecule has 30 heavy (non-hydrogen) atoms. The Morgan fingerprint density at radius 3 is 2.27 bits per heavy atom. The van der Waals surface area contributed by atoms with Gasteiger partial charge >= 0.3 is 0 Å². The Morgan fingerprint density at radius 2 is 1.37 bits per heavy atom. The summed E-state index contributed by atoms with van der Waals surface area (Å²) in [7, 11) is 0. The smallest absolute Gasteiger partial charge is 0.0833 e. The van der Waals surface area contributed by atoms with Gasteiger partial charge in [0.2, 0.25) is 0 Å². The number of nitrogens with one attached hydrogen (secondary N) is 1. The molecule has 0 fully saturated rings. The lowest BCUT2D eigenvalue weighted by Crippen LogP contribution is -1.84. The fourth-order valence-corrected chi connectivity index (χ4v) is 5.59. The Kier molecular flexibility index (Phi) is 3.18. The molecule has 0 spiro atoms. The van der Waals surface area contributed by atoms with Gasteiger partial charge in [-0.15, -0.1) is 11.3 Å². The summed E-state index contributed by atoms with van der Waals surface area (Å²) >= 11 is 1.70. The predicted octanol–water partition coefficient (Wildman–Crippen LogP) is 7.90. The van der Waals surface area contributed by atoms with Gasteiger partial charge < -0.3 is 4.98 Å². The largest absolute Gasteiger partial charge is 0.353 e. The highest BCUT2D eigenvalue weighted by Crippen LogP contribution is 2.42. The summed E-state index contributed by atoms with van der Waals surface area (Å²) in [6.07, 6.45) is 0. The fourth-order valence-electron chi connectivity index (χ4n) is 4.80. The standard InChI is InChI=1S/C27H16N2S/c1-2-6-16(7-3-1)17-10-11-19-18-8-4-5-9-20(18)24-21-12-13-23-27(30-15-28-23)26(21)29-25(24)22(19)14-17/h1-15,29H. The molecular weight excluding hydrogens is 384 g/mol. The van der Waals surface area contributed by atoms with E-state index in [1.54, 1.807) is 11.3 Å². The number of rotatable bonds is 1. The Bertz CT molecular complexity index is 1740. The van der Waals surface area contributed by atoms with Crippen LogP contribution in [0.25, 0.3) is 64.7 Å². The van der Waals surface area contributed by atoms with E-state index >= 15 is 0 Å². The molecule has 140 valence electrons. The summed E-state index contributed by atoms with van der Waals surface area (Å²) in [5.41, 5.74) is 7.85. The van der Waals surface area contributed by atoms with Gasteiger partial charge in [0.1, 0.15) is 0 Å². The van der Waals surface area contributed by atoms with Crippen LogP contribution in [0.5, 0.6) is 0 Å². The second-order valence-electron chi connectivity index (χ2n) is 7.74. The maximum absolute atomic E-state index is 4.52. The highest BCUT2D eigenvalue weighted by atomic mass is 32.1. The van der Waals surface area contributed by atoms with Gasteiger partial charge in [0.25, 0.3) is 0 Å². The molecule has 0 bridgehead atoms. The number of hydrogen-bond acceptors (Lipinski definition) is 2. The minimum Gasteiger partial charge on any atom is -0.353 e. The van der Waals surface area contributed by atoms with Gasteiger partial charge in [0.05, 0.1) is 26.8 Å². The maximum Gasteiger partial charge on any atom is 0.0833 e. The van der Waals surface area contributed by atoms with Crippen molar-refractivity contribution in [2.75, 3.05) is 0 Å². The molecular formula is C27H16N2S. The van der Waals surface area contributed by atoms with Gasteiger partial charge in [-0.2, -0.15) is 0 Å². The number of benzene rings is 5. The monoisotopic (exact) mass is 400 g/mol. The normalized spacial score (nSPS) is 12.0. The van der Waals surface area contributed by atoms with Crippen molar-refractivity contribution in [1.29, 1.82) is 0 Å². The zero-order chi connectivity index (χ0) is 19.7. The van der Waals surface area contributed by atoms with E-state index < -0.39 is 0 Å². The molecule has 2 aromatic heterocycles. The fraction of sp³-hybridized carbons (Fsp3) is 0. The number of aromatic nitrogens is 2. The molecule has 2 nitrogen and oxygen atoms in total. The van der Waals surface area contributed by atoms with Crippen LogP contribution >= 0.6 is 11.3 Å². The quantitative estimate of drug-likeness (QED) is 0.279. The third kappa shape index (κ3) is 2.10. The molecule has 0 radical (unpaired) electrons. The second kappa shape index (κ2) is 5.91. The molecule has 3 heteroatoms. The van der Waals surface area contributed by atoms with E-state index in [1.165, 1.54) is 59.2 Å². The molecule has 0 aliphatic carbocycles. The van der Waals surface area contributed by atoms with Crippen molar-refractivity contribution >= 4 is 64.9 Å². The van der Waals surface area contributed by atoms with Gasteiger partial charge in [0, 0.05) is 16.2 Å². The highest BCUT2D eigenvalue weighted by molar-refractivity contribution is 7.17. The maximum atomic E-state index is 4.52. The van der Waals surface area contributed by atoms with Gasteiger partial charge in [-0.1, -0.05) is 66.7 Å².